The zero-order valence-electron chi connectivity index (χ0n) is 9.71. The molecule has 0 fully saturated rings. The predicted octanol–water partition coefficient (Wildman–Crippen LogP) is 3.39. The lowest BCUT2D eigenvalue weighted by Gasteiger charge is -2.10. The van der Waals surface area contributed by atoms with Crippen molar-refractivity contribution in [1.29, 1.82) is 0 Å². The second kappa shape index (κ2) is 3.74. The molecule has 1 heterocycles. The molecule has 3 heteroatoms. The molecule has 2 rings (SSSR count). The van der Waals surface area contributed by atoms with Gasteiger partial charge in [-0.3, -0.25) is 0 Å². The second-order valence-electron chi connectivity index (χ2n) is 4.44. The van der Waals surface area contributed by atoms with Crippen LogP contribution >= 0.6 is 0 Å². The van der Waals surface area contributed by atoms with E-state index >= 15 is 0 Å². The number of aromatic nitrogens is 1. The van der Waals surface area contributed by atoms with Crippen LogP contribution in [0.25, 0.3) is 10.9 Å². The van der Waals surface area contributed by atoms with Crippen molar-refractivity contribution >= 4 is 16.7 Å². The first-order chi connectivity index (χ1) is 7.49. The normalized spacial score (nSPS) is 11.3. The lowest BCUT2D eigenvalue weighted by molar-refractivity contribution is 0.635. The predicted molar refractivity (Wildman–Crippen MR) is 64.9 cm³/mol. The van der Waals surface area contributed by atoms with Gasteiger partial charge in [-0.2, -0.15) is 0 Å². The Morgan fingerprint density at radius 1 is 1.25 bits per heavy atom. The number of anilines is 1. The summed E-state index contributed by atoms with van der Waals surface area (Å²) in [5, 5.41) is 0.815. The standard InChI is InChI=1S/C13H15FN2/c1-7(2)10-6-9-4-8(3)5-11(14)12(9)16-13(10)15/h4-7H,1-3H3,(H2,15,16). The number of halogens is 1. The third kappa shape index (κ3) is 1.73. The molecule has 2 N–H and O–H groups in total. The molecule has 0 amide bonds. The van der Waals surface area contributed by atoms with Gasteiger partial charge in [0.2, 0.25) is 0 Å². The molecule has 0 saturated carbocycles. The summed E-state index contributed by atoms with van der Waals surface area (Å²) in [6.07, 6.45) is 0. The van der Waals surface area contributed by atoms with Gasteiger partial charge in [-0.15, -0.1) is 0 Å². The van der Waals surface area contributed by atoms with Crippen LogP contribution in [-0.4, -0.2) is 4.98 Å². The highest BCUT2D eigenvalue weighted by atomic mass is 19.1. The Bertz CT molecular complexity index is 547. The Morgan fingerprint density at radius 3 is 2.56 bits per heavy atom. The van der Waals surface area contributed by atoms with Gasteiger partial charge in [-0.25, -0.2) is 9.37 Å². The van der Waals surface area contributed by atoms with Gasteiger partial charge in [0.15, 0.2) is 0 Å². The summed E-state index contributed by atoms with van der Waals surface area (Å²) in [7, 11) is 0. The van der Waals surface area contributed by atoms with Gasteiger partial charge in [0.1, 0.15) is 17.2 Å². The van der Waals surface area contributed by atoms with E-state index < -0.39 is 0 Å². The number of nitrogens with two attached hydrogens (primary N) is 1. The van der Waals surface area contributed by atoms with E-state index in [4.69, 9.17) is 5.73 Å². The molecule has 84 valence electrons. The van der Waals surface area contributed by atoms with Gasteiger partial charge in [-0.05, 0) is 42.2 Å². The number of hydrogen-bond donors (Lipinski definition) is 1. The molecular formula is C13H15FN2. The summed E-state index contributed by atoms with van der Waals surface area (Å²) >= 11 is 0. The van der Waals surface area contributed by atoms with Crippen LogP contribution in [-0.2, 0) is 0 Å². The number of hydrogen-bond acceptors (Lipinski definition) is 2. The van der Waals surface area contributed by atoms with Gasteiger partial charge >= 0.3 is 0 Å². The van der Waals surface area contributed by atoms with Gasteiger partial charge in [0.05, 0.1) is 0 Å². The Kier molecular flexibility index (Phi) is 2.54. The Labute approximate surface area is 94.3 Å². The van der Waals surface area contributed by atoms with Crippen LogP contribution in [0.1, 0.15) is 30.9 Å². The van der Waals surface area contributed by atoms with Crippen molar-refractivity contribution in [3.05, 3.63) is 35.1 Å². The van der Waals surface area contributed by atoms with Crippen molar-refractivity contribution in [1.82, 2.24) is 4.98 Å². The summed E-state index contributed by atoms with van der Waals surface area (Å²) in [6, 6.07) is 5.33. The highest BCUT2D eigenvalue weighted by Gasteiger charge is 2.10. The first-order valence-corrected chi connectivity index (χ1v) is 5.35. The minimum Gasteiger partial charge on any atom is -0.383 e. The average molecular weight is 218 g/mol. The number of nitrogens with zero attached hydrogens (tertiary/aromatic N) is 1. The summed E-state index contributed by atoms with van der Waals surface area (Å²) in [6.45, 7) is 5.96. The average Bonchev–Trinajstić information content (AvgIpc) is 2.18. The van der Waals surface area contributed by atoms with Crippen molar-refractivity contribution in [3.8, 4) is 0 Å². The van der Waals surface area contributed by atoms with Crippen LogP contribution in [0.4, 0.5) is 10.2 Å². The SMILES string of the molecule is Cc1cc(F)c2nc(N)c(C(C)C)cc2c1. The van der Waals surface area contributed by atoms with E-state index in [0.29, 0.717) is 17.3 Å². The van der Waals surface area contributed by atoms with Gasteiger partial charge in [0.25, 0.3) is 0 Å². The van der Waals surface area contributed by atoms with E-state index in [2.05, 4.69) is 4.98 Å². The summed E-state index contributed by atoms with van der Waals surface area (Å²) in [5.41, 5.74) is 8.04. The Balaban J connectivity index is 2.79. The molecule has 0 aliphatic heterocycles. The maximum atomic E-state index is 13.6. The molecule has 0 spiro atoms. The van der Waals surface area contributed by atoms with Crippen molar-refractivity contribution in [3.63, 3.8) is 0 Å². The summed E-state index contributed by atoms with van der Waals surface area (Å²) < 4.78 is 13.6. The molecule has 0 radical (unpaired) electrons. The van der Waals surface area contributed by atoms with Crippen molar-refractivity contribution < 1.29 is 4.39 Å². The highest BCUT2D eigenvalue weighted by Crippen LogP contribution is 2.26. The largest absolute Gasteiger partial charge is 0.383 e. The molecule has 0 aliphatic carbocycles. The molecule has 2 aromatic rings. The molecular weight excluding hydrogens is 203 g/mol. The van der Waals surface area contributed by atoms with Gasteiger partial charge in [-0.1, -0.05) is 13.8 Å². The molecule has 1 aromatic carbocycles. The van der Waals surface area contributed by atoms with Gasteiger partial charge in [0, 0.05) is 5.39 Å². The minimum atomic E-state index is -0.308. The molecule has 16 heavy (non-hydrogen) atoms. The van der Waals surface area contributed by atoms with E-state index in [9.17, 15) is 4.39 Å². The lowest BCUT2D eigenvalue weighted by Crippen LogP contribution is -2.01. The molecule has 0 aliphatic rings. The molecule has 0 atom stereocenters. The molecule has 0 unspecified atom stereocenters. The van der Waals surface area contributed by atoms with Crippen molar-refractivity contribution in [2.24, 2.45) is 0 Å². The number of fused-ring (bicyclic) bond motifs is 1. The van der Waals surface area contributed by atoms with Crippen LogP contribution < -0.4 is 5.73 Å². The third-order valence-electron chi connectivity index (χ3n) is 2.70. The monoisotopic (exact) mass is 218 g/mol. The van der Waals surface area contributed by atoms with E-state index in [1.54, 1.807) is 0 Å². The Hall–Kier alpha value is -1.64. The van der Waals surface area contributed by atoms with Crippen LogP contribution in [0.2, 0.25) is 0 Å². The topological polar surface area (TPSA) is 38.9 Å². The van der Waals surface area contributed by atoms with Crippen LogP contribution in [0.5, 0.6) is 0 Å². The number of rotatable bonds is 1. The zero-order valence-corrected chi connectivity index (χ0v) is 9.71. The van der Waals surface area contributed by atoms with Crippen molar-refractivity contribution in [2.45, 2.75) is 26.7 Å². The van der Waals surface area contributed by atoms with Crippen LogP contribution in [0.15, 0.2) is 18.2 Å². The number of pyridine rings is 1. The van der Waals surface area contributed by atoms with E-state index in [0.717, 1.165) is 16.5 Å². The van der Waals surface area contributed by atoms with Crippen molar-refractivity contribution in [2.75, 3.05) is 5.73 Å². The number of benzene rings is 1. The third-order valence-corrected chi connectivity index (χ3v) is 2.70. The minimum absolute atomic E-state index is 0.292. The number of aryl methyl sites for hydroxylation is 1. The quantitative estimate of drug-likeness (QED) is 0.796. The fraction of sp³-hybridized carbons (Fsp3) is 0.308. The van der Waals surface area contributed by atoms with Crippen LogP contribution in [0, 0.1) is 12.7 Å². The first kappa shape index (κ1) is 10.9. The molecule has 0 bridgehead atoms. The zero-order chi connectivity index (χ0) is 11.9. The summed E-state index contributed by atoms with van der Waals surface area (Å²) in [5.74, 6) is 0.405. The van der Waals surface area contributed by atoms with Gasteiger partial charge < -0.3 is 5.73 Å². The molecule has 2 nitrogen and oxygen atoms in total. The smallest absolute Gasteiger partial charge is 0.149 e. The fourth-order valence-electron chi connectivity index (χ4n) is 1.88. The lowest BCUT2D eigenvalue weighted by atomic mass is 10.0. The van der Waals surface area contributed by atoms with E-state index in [-0.39, 0.29) is 5.82 Å². The molecule has 1 aromatic heterocycles. The fourth-order valence-corrected chi connectivity index (χ4v) is 1.88. The van der Waals surface area contributed by atoms with E-state index in [1.807, 2.05) is 32.9 Å². The molecule has 0 saturated heterocycles. The highest BCUT2D eigenvalue weighted by molar-refractivity contribution is 5.82. The number of nitrogen functional groups attached to an aromatic ring is 1. The second-order valence-corrected chi connectivity index (χ2v) is 4.44. The van der Waals surface area contributed by atoms with E-state index in [1.165, 1.54) is 6.07 Å². The summed E-state index contributed by atoms with van der Waals surface area (Å²) in [4.78, 5) is 4.14. The first-order valence-electron chi connectivity index (χ1n) is 5.35. The Morgan fingerprint density at radius 2 is 1.94 bits per heavy atom. The maximum absolute atomic E-state index is 13.6. The maximum Gasteiger partial charge on any atom is 0.149 e. The van der Waals surface area contributed by atoms with Crippen LogP contribution in [0.3, 0.4) is 0 Å².